The number of hydrogen-bond donors (Lipinski definition) is 0. The average molecular weight is 529 g/mol. The van der Waals surface area contributed by atoms with Crippen LogP contribution in [0.1, 0.15) is 0 Å². The van der Waals surface area contributed by atoms with Crippen molar-refractivity contribution in [2.24, 2.45) is 0 Å². The largest absolute Gasteiger partial charge is 0.457 e. The van der Waals surface area contributed by atoms with Gasteiger partial charge in [0.25, 0.3) is 0 Å². The van der Waals surface area contributed by atoms with Crippen molar-refractivity contribution in [3.05, 3.63) is 122 Å². The molecule has 9 rings (SSSR count). The SMILES string of the molecule is c1ccc(-c2cccc3c2c2ccc(Oc4ccc5c(c4)c4nccn4c4nccnc54)cc2c2nccn32)cc1. The molecule has 4 aromatic carbocycles. The molecule has 0 N–H and O–H groups in total. The van der Waals surface area contributed by atoms with E-state index in [9.17, 15) is 0 Å². The van der Waals surface area contributed by atoms with Gasteiger partial charge in [0.05, 0.1) is 5.52 Å². The van der Waals surface area contributed by atoms with E-state index in [0.717, 1.165) is 61.0 Å². The second-order valence-electron chi connectivity index (χ2n) is 10.1. The van der Waals surface area contributed by atoms with E-state index in [1.54, 1.807) is 18.6 Å². The Labute approximate surface area is 233 Å². The lowest BCUT2D eigenvalue weighted by atomic mass is 9.96. The maximum atomic E-state index is 6.47. The maximum absolute atomic E-state index is 6.47. The molecule has 192 valence electrons. The van der Waals surface area contributed by atoms with Crippen molar-refractivity contribution in [1.82, 2.24) is 28.7 Å². The highest BCUT2D eigenvalue weighted by Crippen LogP contribution is 2.38. The Hall–Kier alpha value is -5.82. The highest BCUT2D eigenvalue weighted by atomic mass is 16.5. The van der Waals surface area contributed by atoms with Gasteiger partial charge in [-0.1, -0.05) is 42.5 Å². The zero-order valence-electron chi connectivity index (χ0n) is 21.6. The number of benzene rings is 4. The van der Waals surface area contributed by atoms with Gasteiger partial charge in [-0.15, -0.1) is 0 Å². The summed E-state index contributed by atoms with van der Waals surface area (Å²) in [6.45, 7) is 0. The summed E-state index contributed by atoms with van der Waals surface area (Å²) < 4.78 is 10.6. The van der Waals surface area contributed by atoms with E-state index in [-0.39, 0.29) is 0 Å². The van der Waals surface area contributed by atoms with Crippen LogP contribution in [0, 0.1) is 0 Å². The number of fused-ring (bicyclic) bond motifs is 12. The Bertz CT molecular complexity index is 2460. The lowest BCUT2D eigenvalue weighted by molar-refractivity contribution is 0.484. The van der Waals surface area contributed by atoms with E-state index in [4.69, 9.17) is 9.72 Å². The molecule has 0 saturated heterocycles. The fourth-order valence-electron chi connectivity index (χ4n) is 6.05. The normalized spacial score (nSPS) is 11.9. The molecular formula is C34H20N6O. The molecule has 5 heterocycles. The summed E-state index contributed by atoms with van der Waals surface area (Å²) in [7, 11) is 0. The summed E-state index contributed by atoms with van der Waals surface area (Å²) in [5.41, 5.74) is 6.80. The number of ether oxygens (including phenoxy) is 1. The molecule has 0 aliphatic rings. The molecule has 9 aromatic rings. The van der Waals surface area contributed by atoms with Crippen molar-refractivity contribution in [3.8, 4) is 22.6 Å². The fraction of sp³-hybridized carbons (Fsp3) is 0. The third-order valence-electron chi connectivity index (χ3n) is 7.80. The summed E-state index contributed by atoms with van der Waals surface area (Å²) in [5.74, 6) is 1.45. The zero-order chi connectivity index (χ0) is 26.9. The predicted molar refractivity (Wildman–Crippen MR) is 162 cm³/mol. The molecule has 0 amide bonds. The van der Waals surface area contributed by atoms with E-state index in [1.807, 2.05) is 53.3 Å². The van der Waals surface area contributed by atoms with Crippen LogP contribution >= 0.6 is 0 Å². The first-order valence-electron chi connectivity index (χ1n) is 13.4. The third kappa shape index (κ3) is 3.20. The van der Waals surface area contributed by atoms with Crippen LogP contribution in [0.3, 0.4) is 0 Å². The van der Waals surface area contributed by atoms with Crippen LogP contribution in [0.15, 0.2) is 122 Å². The monoisotopic (exact) mass is 528 g/mol. The van der Waals surface area contributed by atoms with Gasteiger partial charge in [0.1, 0.15) is 28.3 Å². The van der Waals surface area contributed by atoms with Crippen molar-refractivity contribution < 1.29 is 4.74 Å². The molecule has 0 aliphatic carbocycles. The second kappa shape index (κ2) is 8.34. The van der Waals surface area contributed by atoms with Crippen LogP contribution < -0.4 is 4.74 Å². The van der Waals surface area contributed by atoms with Crippen molar-refractivity contribution in [3.63, 3.8) is 0 Å². The molecule has 0 radical (unpaired) electrons. The van der Waals surface area contributed by atoms with E-state index in [2.05, 4.69) is 73.9 Å². The van der Waals surface area contributed by atoms with Gasteiger partial charge < -0.3 is 4.74 Å². The predicted octanol–water partition coefficient (Wildman–Crippen LogP) is 7.84. The van der Waals surface area contributed by atoms with E-state index >= 15 is 0 Å². The van der Waals surface area contributed by atoms with E-state index < -0.39 is 0 Å². The second-order valence-corrected chi connectivity index (χ2v) is 10.1. The van der Waals surface area contributed by atoms with Gasteiger partial charge in [-0.05, 0) is 59.0 Å². The molecule has 7 nitrogen and oxygen atoms in total. The van der Waals surface area contributed by atoms with Crippen LogP contribution in [-0.2, 0) is 0 Å². The van der Waals surface area contributed by atoms with Crippen LogP contribution in [0.4, 0.5) is 0 Å². The Morgan fingerprint density at radius 3 is 2.02 bits per heavy atom. The molecule has 0 bridgehead atoms. The minimum absolute atomic E-state index is 0.718. The van der Waals surface area contributed by atoms with E-state index in [1.165, 1.54) is 16.5 Å². The lowest BCUT2D eigenvalue weighted by Gasteiger charge is -2.14. The van der Waals surface area contributed by atoms with Gasteiger partial charge in [-0.3, -0.25) is 13.8 Å². The number of hydrogen-bond acceptors (Lipinski definition) is 5. The van der Waals surface area contributed by atoms with E-state index in [0.29, 0.717) is 0 Å². The Morgan fingerprint density at radius 2 is 1.20 bits per heavy atom. The maximum Gasteiger partial charge on any atom is 0.165 e. The van der Waals surface area contributed by atoms with Crippen LogP contribution in [0.5, 0.6) is 11.5 Å². The van der Waals surface area contributed by atoms with Crippen molar-refractivity contribution in [1.29, 1.82) is 0 Å². The van der Waals surface area contributed by atoms with Crippen LogP contribution in [0.25, 0.3) is 66.0 Å². The summed E-state index contributed by atoms with van der Waals surface area (Å²) in [6, 6.07) is 29.2. The minimum Gasteiger partial charge on any atom is -0.457 e. The Kier molecular flexibility index (Phi) is 4.48. The average Bonchev–Trinajstić information content (AvgIpc) is 3.73. The van der Waals surface area contributed by atoms with Gasteiger partial charge in [0, 0.05) is 58.7 Å². The van der Waals surface area contributed by atoms with Gasteiger partial charge in [-0.25, -0.2) is 15.0 Å². The smallest absolute Gasteiger partial charge is 0.165 e. The molecule has 0 saturated carbocycles. The zero-order valence-corrected chi connectivity index (χ0v) is 21.6. The number of nitrogens with zero attached hydrogens (tertiary/aromatic N) is 6. The van der Waals surface area contributed by atoms with Crippen molar-refractivity contribution in [2.45, 2.75) is 0 Å². The molecule has 41 heavy (non-hydrogen) atoms. The molecule has 0 aliphatic heterocycles. The molecule has 0 unspecified atom stereocenters. The molecule has 7 heteroatoms. The molecule has 0 atom stereocenters. The molecule has 0 fully saturated rings. The molecule has 0 spiro atoms. The summed E-state index contributed by atoms with van der Waals surface area (Å²) in [6.07, 6.45) is 11.0. The Balaban J connectivity index is 1.24. The Morgan fingerprint density at radius 1 is 0.512 bits per heavy atom. The first-order chi connectivity index (χ1) is 20.3. The van der Waals surface area contributed by atoms with Crippen LogP contribution in [-0.4, -0.2) is 28.7 Å². The van der Waals surface area contributed by atoms with Gasteiger partial charge in [-0.2, -0.15) is 0 Å². The van der Waals surface area contributed by atoms with Gasteiger partial charge in [0.2, 0.25) is 0 Å². The standard InChI is InChI=1S/C34H20N6O/c1-2-5-21(6-3-1)24-7-4-8-29-30(24)25-11-9-22(19-27(25)32-37-15-17-39(29)32)41-23-10-12-26-28(20-23)33-38-16-18-40(33)34-31(26)35-13-14-36-34/h1-20H. The summed E-state index contributed by atoms with van der Waals surface area (Å²) in [4.78, 5) is 18.5. The van der Waals surface area contributed by atoms with Crippen molar-refractivity contribution in [2.75, 3.05) is 0 Å². The highest BCUT2D eigenvalue weighted by molar-refractivity contribution is 6.17. The fourth-order valence-corrected chi connectivity index (χ4v) is 6.05. The first-order valence-corrected chi connectivity index (χ1v) is 13.4. The van der Waals surface area contributed by atoms with Crippen LogP contribution in [0.2, 0.25) is 0 Å². The number of rotatable bonds is 3. The lowest BCUT2D eigenvalue weighted by Crippen LogP contribution is -1.95. The number of aromatic nitrogens is 6. The van der Waals surface area contributed by atoms with Gasteiger partial charge >= 0.3 is 0 Å². The molecular weight excluding hydrogens is 508 g/mol. The topological polar surface area (TPSA) is 69.6 Å². The summed E-state index contributed by atoms with van der Waals surface area (Å²) >= 11 is 0. The highest BCUT2D eigenvalue weighted by Gasteiger charge is 2.16. The number of imidazole rings is 2. The number of pyridine rings is 2. The summed E-state index contributed by atoms with van der Waals surface area (Å²) in [5, 5.41) is 5.28. The van der Waals surface area contributed by atoms with Gasteiger partial charge in [0.15, 0.2) is 5.65 Å². The first kappa shape index (κ1) is 22.0. The quantitative estimate of drug-likeness (QED) is 0.219. The minimum atomic E-state index is 0.718. The molecule has 5 aromatic heterocycles. The van der Waals surface area contributed by atoms with Crippen molar-refractivity contribution >= 4 is 54.9 Å². The third-order valence-corrected chi connectivity index (χ3v) is 7.80.